The third-order valence-electron chi connectivity index (χ3n) is 3.46. The Morgan fingerprint density at radius 1 is 1.47 bits per heavy atom. The van der Waals surface area contributed by atoms with Gasteiger partial charge in [0, 0.05) is 29.8 Å². The Morgan fingerprint density at radius 2 is 2.32 bits per heavy atom. The highest BCUT2D eigenvalue weighted by atomic mass is 35.5. The van der Waals surface area contributed by atoms with Crippen molar-refractivity contribution in [3.63, 3.8) is 0 Å². The summed E-state index contributed by atoms with van der Waals surface area (Å²) in [6.45, 7) is 8.83. The molecule has 19 heavy (non-hydrogen) atoms. The maximum atomic E-state index is 6.13. The lowest BCUT2D eigenvalue weighted by molar-refractivity contribution is 0.0988. The van der Waals surface area contributed by atoms with Gasteiger partial charge in [-0.2, -0.15) is 0 Å². The average Bonchev–Trinajstić information content (AvgIpc) is 2.40. The monoisotopic (exact) mass is 282 g/mol. The number of morpholine rings is 1. The highest BCUT2D eigenvalue weighted by Gasteiger charge is 2.21. The first-order valence-corrected chi connectivity index (χ1v) is 7.43. The van der Waals surface area contributed by atoms with E-state index in [9.17, 15) is 0 Å². The standard InChI is InChI=1S/C15H23ClN2O/c1-3-6-17-10-13-9-14(16)4-5-15(13)18-7-8-19-11-12(18)2/h4-5,9,12,17H,3,6-8,10-11H2,1-2H3. The highest BCUT2D eigenvalue weighted by molar-refractivity contribution is 6.30. The Morgan fingerprint density at radius 3 is 3.05 bits per heavy atom. The van der Waals surface area contributed by atoms with Crippen molar-refractivity contribution < 1.29 is 4.74 Å². The molecule has 1 aliphatic rings. The molecule has 0 saturated carbocycles. The number of hydrogen-bond acceptors (Lipinski definition) is 3. The van der Waals surface area contributed by atoms with Crippen molar-refractivity contribution >= 4 is 17.3 Å². The third kappa shape index (κ3) is 3.85. The average molecular weight is 283 g/mol. The summed E-state index contributed by atoms with van der Waals surface area (Å²) in [5.74, 6) is 0. The highest BCUT2D eigenvalue weighted by Crippen LogP contribution is 2.27. The van der Waals surface area contributed by atoms with Gasteiger partial charge in [0.05, 0.1) is 13.2 Å². The van der Waals surface area contributed by atoms with Gasteiger partial charge in [0.2, 0.25) is 0 Å². The Balaban J connectivity index is 2.17. The minimum atomic E-state index is 0.417. The molecule has 1 unspecified atom stereocenters. The van der Waals surface area contributed by atoms with E-state index in [2.05, 4.69) is 36.2 Å². The third-order valence-corrected chi connectivity index (χ3v) is 3.70. The molecular formula is C15H23ClN2O. The quantitative estimate of drug-likeness (QED) is 0.840. The van der Waals surface area contributed by atoms with Gasteiger partial charge in [0.15, 0.2) is 0 Å². The summed E-state index contributed by atoms with van der Waals surface area (Å²) in [6, 6.07) is 6.59. The van der Waals surface area contributed by atoms with Crippen LogP contribution in [0.2, 0.25) is 5.02 Å². The van der Waals surface area contributed by atoms with Crippen molar-refractivity contribution in [3.8, 4) is 0 Å². The zero-order valence-corrected chi connectivity index (χ0v) is 12.5. The number of rotatable bonds is 5. The Hall–Kier alpha value is -0.770. The lowest BCUT2D eigenvalue weighted by atomic mass is 10.1. The molecule has 0 amide bonds. The SMILES string of the molecule is CCCNCc1cc(Cl)ccc1N1CCOCC1C. The predicted octanol–water partition coefficient (Wildman–Crippen LogP) is 3.06. The van der Waals surface area contributed by atoms with E-state index in [-0.39, 0.29) is 0 Å². The molecule has 1 heterocycles. The molecule has 1 N–H and O–H groups in total. The van der Waals surface area contributed by atoms with Crippen LogP contribution in [0, 0.1) is 0 Å². The van der Waals surface area contributed by atoms with E-state index in [0.717, 1.165) is 44.3 Å². The van der Waals surface area contributed by atoms with Crippen LogP contribution in [-0.2, 0) is 11.3 Å². The van der Waals surface area contributed by atoms with Crippen molar-refractivity contribution in [3.05, 3.63) is 28.8 Å². The van der Waals surface area contributed by atoms with E-state index in [0.29, 0.717) is 6.04 Å². The van der Waals surface area contributed by atoms with Crippen LogP contribution in [0.1, 0.15) is 25.8 Å². The van der Waals surface area contributed by atoms with Crippen LogP contribution in [0.3, 0.4) is 0 Å². The molecule has 2 rings (SSSR count). The number of anilines is 1. The van der Waals surface area contributed by atoms with Crippen LogP contribution in [0.25, 0.3) is 0 Å². The van der Waals surface area contributed by atoms with E-state index < -0.39 is 0 Å². The van der Waals surface area contributed by atoms with Gasteiger partial charge >= 0.3 is 0 Å². The lowest BCUT2D eigenvalue weighted by Crippen LogP contribution is -2.44. The second-order valence-corrected chi connectivity index (χ2v) is 5.50. The maximum absolute atomic E-state index is 6.13. The molecular weight excluding hydrogens is 260 g/mol. The molecule has 1 atom stereocenters. The van der Waals surface area contributed by atoms with Crippen LogP contribution in [0.4, 0.5) is 5.69 Å². The molecule has 0 bridgehead atoms. The van der Waals surface area contributed by atoms with Gasteiger partial charge in [-0.05, 0) is 43.7 Å². The van der Waals surface area contributed by atoms with Gasteiger partial charge in [0.1, 0.15) is 0 Å². The maximum Gasteiger partial charge on any atom is 0.0668 e. The van der Waals surface area contributed by atoms with Crippen molar-refractivity contribution in [2.24, 2.45) is 0 Å². The van der Waals surface area contributed by atoms with E-state index in [1.54, 1.807) is 0 Å². The number of hydrogen-bond donors (Lipinski definition) is 1. The first kappa shape index (κ1) is 14.6. The largest absolute Gasteiger partial charge is 0.377 e. The van der Waals surface area contributed by atoms with Gasteiger partial charge in [-0.15, -0.1) is 0 Å². The molecule has 1 aliphatic heterocycles. The fraction of sp³-hybridized carbons (Fsp3) is 0.600. The van der Waals surface area contributed by atoms with Gasteiger partial charge in [-0.3, -0.25) is 0 Å². The summed E-state index contributed by atoms with van der Waals surface area (Å²) < 4.78 is 5.51. The van der Waals surface area contributed by atoms with Crippen molar-refractivity contribution in [2.45, 2.75) is 32.9 Å². The molecule has 1 aromatic rings. The van der Waals surface area contributed by atoms with Crippen molar-refractivity contribution in [2.75, 3.05) is 31.2 Å². The first-order chi connectivity index (χ1) is 9.22. The summed E-state index contributed by atoms with van der Waals surface area (Å²) >= 11 is 6.13. The number of nitrogens with zero attached hydrogens (tertiary/aromatic N) is 1. The number of halogens is 1. The lowest BCUT2D eigenvalue weighted by Gasteiger charge is -2.36. The predicted molar refractivity (Wildman–Crippen MR) is 81.1 cm³/mol. The molecule has 4 heteroatoms. The number of ether oxygens (including phenoxy) is 1. The van der Waals surface area contributed by atoms with Crippen LogP contribution in [-0.4, -0.2) is 32.3 Å². The second kappa shape index (κ2) is 7.13. The molecule has 0 spiro atoms. The van der Waals surface area contributed by atoms with Crippen LogP contribution >= 0.6 is 11.6 Å². The summed E-state index contributed by atoms with van der Waals surface area (Å²) in [7, 11) is 0. The zero-order valence-electron chi connectivity index (χ0n) is 11.8. The van der Waals surface area contributed by atoms with E-state index in [4.69, 9.17) is 16.3 Å². The summed E-state index contributed by atoms with van der Waals surface area (Å²) in [5.41, 5.74) is 2.55. The normalized spacial score (nSPS) is 19.7. The molecule has 1 fully saturated rings. The zero-order chi connectivity index (χ0) is 13.7. The van der Waals surface area contributed by atoms with Gasteiger partial charge < -0.3 is 15.0 Å². The van der Waals surface area contributed by atoms with Crippen LogP contribution in [0.5, 0.6) is 0 Å². The van der Waals surface area contributed by atoms with E-state index >= 15 is 0 Å². The van der Waals surface area contributed by atoms with Gasteiger partial charge in [0.25, 0.3) is 0 Å². The van der Waals surface area contributed by atoms with Crippen LogP contribution in [0.15, 0.2) is 18.2 Å². The molecule has 0 radical (unpaired) electrons. The topological polar surface area (TPSA) is 24.5 Å². The molecule has 3 nitrogen and oxygen atoms in total. The molecule has 0 aromatic heterocycles. The van der Waals surface area contributed by atoms with E-state index in [1.807, 2.05) is 6.07 Å². The Labute approximate surface area is 120 Å². The molecule has 1 saturated heterocycles. The van der Waals surface area contributed by atoms with Crippen molar-refractivity contribution in [1.82, 2.24) is 5.32 Å². The molecule has 1 aromatic carbocycles. The minimum Gasteiger partial charge on any atom is -0.377 e. The smallest absolute Gasteiger partial charge is 0.0668 e. The molecule has 0 aliphatic carbocycles. The molecule has 106 valence electrons. The Bertz CT molecular complexity index is 411. The van der Waals surface area contributed by atoms with Gasteiger partial charge in [-0.1, -0.05) is 18.5 Å². The summed E-state index contributed by atoms with van der Waals surface area (Å²) in [6.07, 6.45) is 1.14. The van der Waals surface area contributed by atoms with Gasteiger partial charge in [-0.25, -0.2) is 0 Å². The minimum absolute atomic E-state index is 0.417. The summed E-state index contributed by atoms with van der Waals surface area (Å²) in [4.78, 5) is 2.42. The second-order valence-electron chi connectivity index (χ2n) is 5.07. The number of nitrogens with one attached hydrogen (secondary N) is 1. The summed E-state index contributed by atoms with van der Waals surface area (Å²) in [5, 5.41) is 4.26. The van der Waals surface area contributed by atoms with E-state index in [1.165, 1.54) is 11.3 Å². The Kier molecular flexibility index (Phi) is 5.49. The number of benzene rings is 1. The first-order valence-electron chi connectivity index (χ1n) is 7.06. The fourth-order valence-electron chi connectivity index (χ4n) is 2.46. The van der Waals surface area contributed by atoms with Crippen molar-refractivity contribution in [1.29, 1.82) is 0 Å². The fourth-order valence-corrected chi connectivity index (χ4v) is 2.66. The van der Waals surface area contributed by atoms with Crippen LogP contribution < -0.4 is 10.2 Å².